The molecule has 0 atom stereocenters. The summed E-state index contributed by atoms with van der Waals surface area (Å²) in [6.07, 6.45) is 15.6. The lowest BCUT2D eigenvalue weighted by molar-refractivity contribution is 0.0105. The van der Waals surface area contributed by atoms with E-state index in [2.05, 4.69) is 19.9 Å². The lowest BCUT2D eigenvalue weighted by Crippen LogP contribution is -2.31. The molecule has 0 heterocycles. The number of ether oxygens (including phenoxy) is 2. The fourth-order valence-corrected chi connectivity index (χ4v) is 5.47. The lowest BCUT2D eigenvalue weighted by atomic mass is 9.71. The molecule has 0 aromatic heterocycles. The molecule has 5 heteroatoms. The quantitative estimate of drug-likeness (QED) is 0.158. The van der Waals surface area contributed by atoms with Crippen LogP contribution in [0.5, 0.6) is 5.75 Å². The normalized spacial score (nSPS) is 18.9. The number of halogens is 1. The SMILES string of the molecule is CCCCCCCOc1ccc(-c2ccc(C(=O)OC3CCC(C#N)(CCCCCCC)CC3)cc2)c(F)c1. The molecule has 1 aliphatic carbocycles. The highest BCUT2D eigenvalue weighted by Gasteiger charge is 2.36. The van der Waals surface area contributed by atoms with Crippen molar-refractivity contribution in [2.45, 2.75) is 116 Å². The van der Waals surface area contributed by atoms with Crippen LogP contribution in [0.15, 0.2) is 42.5 Å². The number of rotatable bonds is 16. The second-order valence-electron chi connectivity index (χ2n) is 11.1. The van der Waals surface area contributed by atoms with Gasteiger partial charge in [-0.05, 0) is 68.4 Å². The summed E-state index contributed by atoms with van der Waals surface area (Å²) >= 11 is 0. The smallest absolute Gasteiger partial charge is 0.338 e. The summed E-state index contributed by atoms with van der Waals surface area (Å²) in [5.74, 6) is -0.169. The van der Waals surface area contributed by atoms with Crippen molar-refractivity contribution in [3.05, 3.63) is 53.8 Å². The number of hydrogen-bond acceptors (Lipinski definition) is 4. The summed E-state index contributed by atoms with van der Waals surface area (Å²) < 4.78 is 26.3. The predicted octanol–water partition coefficient (Wildman–Crippen LogP) is 9.81. The van der Waals surface area contributed by atoms with Crippen LogP contribution in [-0.2, 0) is 4.74 Å². The monoisotopic (exact) mass is 535 g/mol. The van der Waals surface area contributed by atoms with Crippen LogP contribution in [0.2, 0.25) is 0 Å². The van der Waals surface area contributed by atoms with Gasteiger partial charge in [0.05, 0.1) is 23.7 Å². The largest absolute Gasteiger partial charge is 0.493 e. The van der Waals surface area contributed by atoms with E-state index in [1.165, 1.54) is 51.0 Å². The molecule has 0 amide bonds. The number of benzene rings is 2. The zero-order valence-electron chi connectivity index (χ0n) is 24.0. The molecular formula is C34H46FNO3. The first-order chi connectivity index (χ1) is 19.0. The molecule has 1 saturated carbocycles. The van der Waals surface area contributed by atoms with Crippen LogP contribution in [0.3, 0.4) is 0 Å². The van der Waals surface area contributed by atoms with Crippen molar-refractivity contribution in [1.82, 2.24) is 0 Å². The van der Waals surface area contributed by atoms with E-state index in [0.29, 0.717) is 29.0 Å². The van der Waals surface area contributed by atoms with E-state index in [9.17, 15) is 14.4 Å². The third kappa shape index (κ3) is 9.67. The van der Waals surface area contributed by atoms with Crippen LogP contribution in [0, 0.1) is 22.6 Å². The number of nitriles is 1. The van der Waals surface area contributed by atoms with Crippen molar-refractivity contribution < 1.29 is 18.7 Å². The highest BCUT2D eigenvalue weighted by atomic mass is 19.1. The Morgan fingerprint density at radius 3 is 2.18 bits per heavy atom. The van der Waals surface area contributed by atoms with Gasteiger partial charge in [0.25, 0.3) is 0 Å². The molecular weight excluding hydrogens is 489 g/mol. The highest BCUT2D eigenvalue weighted by Crippen LogP contribution is 2.41. The molecule has 4 nitrogen and oxygen atoms in total. The standard InChI is InChI=1S/C34H46FNO3/c1-3-5-7-9-11-21-34(26-36)22-19-29(20-23-34)39-33(37)28-15-13-27(14-16-28)31-18-17-30(25-32(31)35)38-24-12-10-8-6-4-2/h13-18,25,29H,3-12,19-24H2,1-2H3. The van der Waals surface area contributed by atoms with Gasteiger partial charge >= 0.3 is 5.97 Å². The zero-order chi connectivity index (χ0) is 27.9. The second kappa shape index (κ2) is 16.3. The molecule has 0 unspecified atom stereocenters. The van der Waals surface area contributed by atoms with Gasteiger partial charge < -0.3 is 9.47 Å². The molecule has 3 rings (SSSR count). The summed E-state index contributed by atoms with van der Waals surface area (Å²) in [6.45, 7) is 4.99. The Balaban J connectivity index is 1.47. The molecule has 212 valence electrons. The molecule has 0 radical (unpaired) electrons. The molecule has 0 N–H and O–H groups in total. The number of unbranched alkanes of at least 4 members (excludes halogenated alkanes) is 8. The maximum absolute atomic E-state index is 14.8. The Morgan fingerprint density at radius 1 is 0.923 bits per heavy atom. The highest BCUT2D eigenvalue weighted by molar-refractivity contribution is 5.90. The van der Waals surface area contributed by atoms with Crippen molar-refractivity contribution in [3.63, 3.8) is 0 Å². The first kappa shape index (κ1) is 30.7. The van der Waals surface area contributed by atoms with Gasteiger partial charge in [-0.25, -0.2) is 9.18 Å². The van der Waals surface area contributed by atoms with Gasteiger partial charge in [-0.15, -0.1) is 0 Å². The zero-order valence-corrected chi connectivity index (χ0v) is 24.0. The first-order valence-corrected chi connectivity index (χ1v) is 15.2. The number of nitrogens with zero attached hydrogens (tertiary/aromatic N) is 1. The summed E-state index contributed by atoms with van der Waals surface area (Å²) in [5.41, 5.74) is 1.36. The van der Waals surface area contributed by atoms with Crippen molar-refractivity contribution >= 4 is 5.97 Å². The van der Waals surface area contributed by atoms with Crippen LogP contribution in [0.4, 0.5) is 4.39 Å². The van der Waals surface area contributed by atoms with E-state index < -0.39 is 0 Å². The van der Waals surface area contributed by atoms with E-state index in [0.717, 1.165) is 51.4 Å². The number of hydrogen-bond donors (Lipinski definition) is 0. The molecule has 0 spiro atoms. The van der Waals surface area contributed by atoms with Gasteiger partial charge in [0.2, 0.25) is 0 Å². The van der Waals surface area contributed by atoms with Gasteiger partial charge in [-0.2, -0.15) is 5.26 Å². The predicted molar refractivity (Wildman–Crippen MR) is 155 cm³/mol. The fraction of sp³-hybridized carbons (Fsp3) is 0.588. The van der Waals surface area contributed by atoms with Crippen LogP contribution in [-0.4, -0.2) is 18.7 Å². The Morgan fingerprint density at radius 2 is 1.56 bits per heavy atom. The third-order valence-corrected chi connectivity index (χ3v) is 8.05. The van der Waals surface area contributed by atoms with Crippen molar-refractivity contribution in [2.75, 3.05) is 6.61 Å². The van der Waals surface area contributed by atoms with Crippen LogP contribution >= 0.6 is 0 Å². The van der Waals surface area contributed by atoms with E-state index in [-0.39, 0.29) is 23.3 Å². The van der Waals surface area contributed by atoms with Crippen LogP contribution in [0.1, 0.15) is 121 Å². The first-order valence-electron chi connectivity index (χ1n) is 15.2. The van der Waals surface area contributed by atoms with Crippen molar-refractivity contribution in [1.29, 1.82) is 5.26 Å². The molecule has 1 aliphatic rings. The minimum Gasteiger partial charge on any atom is -0.493 e. The maximum atomic E-state index is 14.8. The van der Waals surface area contributed by atoms with Gasteiger partial charge in [-0.1, -0.05) is 83.8 Å². The number of esters is 1. The number of carbonyl (C=O) groups excluding carboxylic acids is 1. The average Bonchev–Trinajstić information content (AvgIpc) is 2.96. The Labute approximate surface area is 234 Å². The Bertz CT molecular complexity index is 1050. The summed E-state index contributed by atoms with van der Waals surface area (Å²) in [7, 11) is 0. The van der Waals surface area contributed by atoms with Crippen molar-refractivity contribution in [3.8, 4) is 22.9 Å². The Kier molecular flexibility index (Phi) is 12.8. The molecule has 0 bridgehead atoms. The van der Waals surface area contributed by atoms with Crippen LogP contribution in [0.25, 0.3) is 11.1 Å². The lowest BCUT2D eigenvalue weighted by Gasteiger charge is -2.34. The van der Waals surface area contributed by atoms with Gasteiger partial charge in [0.15, 0.2) is 0 Å². The third-order valence-electron chi connectivity index (χ3n) is 8.05. The van der Waals surface area contributed by atoms with Gasteiger partial charge in [-0.3, -0.25) is 0 Å². The maximum Gasteiger partial charge on any atom is 0.338 e. The second-order valence-corrected chi connectivity index (χ2v) is 11.1. The summed E-state index contributed by atoms with van der Waals surface area (Å²) in [6, 6.07) is 14.4. The Hall–Kier alpha value is -2.87. The molecule has 2 aromatic rings. The van der Waals surface area contributed by atoms with Gasteiger partial charge in [0.1, 0.15) is 17.7 Å². The van der Waals surface area contributed by atoms with E-state index in [1.807, 2.05) is 0 Å². The minimum absolute atomic E-state index is 0.157. The van der Waals surface area contributed by atoms with Crippen molar-refractivity contribution in [2.24, 2.45) is 5.41 Å². The molecule has 1 fully saturated rings. The molecule has 2 aromatic carbocycles. The molecule has 0 aliphatic heterocycles. The van der Waals surface area contributed by atoms with Crippen LogP contribution < -0.4 is 4.74 Å². The number of carbonyl (C=O) groups is 1. The van der Waals surface area contributed by atoms with Gasteiger partial charge in [0, 0.05) is 11.6 Å². The fourth-order valence-electron chi connectivity index (χ4n) is 5.47. The summed E-state index contributed by atoms with van der Waals surface area (Å²) in [4.78, 5) is 12.8. The molecule has 39 heavy (non-hydrogen) atoms. The topological polar surface area (TPSA) is 59.3 Å². The van der Waals surface area contributed by atoms with E-state index >= 15 is 0 Å². The van der Waals surface area contributed by atoms with E-state index in [4.69, 9.17) is 9.47 Å². The minimum atomic E-state index is -0.362. The van der Waals surface area contributed by atoms with E-state index in [1.54, 1.807) is 36.4 Å². The summed E-state index contributed by atoms with van der Waals surface area (Å²) in [5, 5.41) is 9.83. The average molecular weight is 536 g/mol. The molecule has 0 saturated heterocycles.